The van der Waals surface area contributed by atoms with E-state index in [1.807, 2.05) is 25.3 Å². The summed E-state index contributed by atoms with van der Waals surface area (Å²) in [4.78, 5) is 15.0. The van der Waals surface area contributed by atoms with Crippen molar-refractivity contribution in [3.63, 3.8) is 0 Å². The SMILES string of the molecule is CN1C(=CC=C2C=C(O)C=CC2=O)Sc2ccccc21. The minimum atomic E-state index is -0.0946. The summed E-state index contributed by atoms with van der Waals surface area (Å²) in [5, 5.41) is 10.5. The summed E-state index contributed by atoms with van der Waals surface area (Å²) >= 11 is 1.66. The predicted octanol–water partition coefficient (Wildman–Crippen LogP) is 3.58. The summed E-state index contributed by atoms with van der Waals surface area (Å²) in [6.45, 7) is 0. The number of hydrogen-bond donors (Lipinski definition) is 1. The number of benzene rings is 1. The van der Waals surface area contributed by atoms with Gasteiger partial charge in [-0.25, -0.2) is 0 Å². The van der Waals surface area contributed by atoms with Gasteiger partial charge in [0, 0.05) is 17.5 Å². The first kappa shape index (κ1) is 12.8. The number of carbonyl (C=O) groups excluding carboxylic acids is 1. The molecule has 2 aliphatic rings. The Morgan fingerprint density at radius 1 is 1.20 bits per heavy atom. The van der Waals surface area contributed by atoms with Crippen LogP contribution >= 0.6 is 11.8 Å². The van der Waals surface area contributed by atoms with Crippen molar-refractivity contribution in [2.24, 2.45) is 0 Å². The van der Waals surface area contributed by atoms with E-state index in [1.165, 1.54) is 23.1 Å². The summed E-state index contributed by atoms with van der Waals surface area (Å²) in [7, 11) is 2.00. The van der Waals surface area contributed by atoms with E-state index in [4.69, 9.17) is 0 Å². The number of anilines is 1. The summed E-state index contributed by atoms with van der Waals surface area (Å²) in [6, 6.07) is 8.16. The summed E-state index contributed by atoms with van der Waals surface area (Å²) in [6.07, 6.45) is 7.90. The molecular formula is C16H13NO2S. The van der Waals surface area contributed by atoms with Gasteiger partial charge in [-0.3, -0.25) is 4.79 Å². The highest BCUT2D eigenvalue weighted by Crippen LogP contribution is 2.44. The van der Waals surface area contributed by atoms with Gasteiger partial charge in [0.15, 0.2) is 5.78 Å². The smallest absolute Gasteiger partial charge is 0.186 e. The van der Waals surface area contributed by atoms with Crippen LogP contribution in [0.3, 0.4) is 0 Å². The first-order valence-electron chi connectivity index (χ1n) is 6.21. The average Bonchev–Trinajstić information content (AvgIpc) is 2.77. The minimum Gasteiger partial charge on any atom is -0.508 e. The van der Waals surface area contributed by atoms with Crippen LogP contribution in [-0.4, -0.2) is 17.9 Å². The maximum atomic E-state index is 11.7. The van der Waals surface area contributed by atoms with E-state index in [-0.39, 0.29) is 11.5 Å². The monoisotopic (exact) mass is 283 g/mol. The predicted molar refractivity (Wildman–Crippen MR) is 81.7 cm³/mol. The molecule has 3 rings (SSSR count). The molecule has 4 heteroatoms. The third kappa shape index (κ3) is 2.30. The second kappa shape index (κ2) is 5.06. The van der Waals surface area contributed by atoms with E-state index < -0.39 is 0 Å². The topological polar surface area (TPSA) is 40.5 Å². The van der Waals surface area contributed by atoms with Crippen molar-refractivity contribution in [2.75, 3.05) is 11.9 Å². The van der Waals surface area contributed by atoms with E-state index in [0.29, 0.717) is 5.57 Å². The van der Waals surface area contributed by atoms with E-state index >= 15 is 0 Å². The van der Waals surface area contributed by atoms with Crippen LogP contribution in [0.4, 0.5) is 5.69 Å². The first-order chi connectivity index (χ1) is 9.65. The second-order valence-corrected chi connectivity index (χ2v) is 5.58. The van der Waals surface area contributed by atoms with Gasteiger partial charge >= 0.3 is 0 Å². The number of ketones is 1. The van der Waals surface area contributed by atoms with Crippen LogP contribution in [0.15, 0.2) is 75.9 Å². The normalized spacial score (nSPS) is 21.6. The lowest BCUT2D eigenvalue weighted by Crippen LogP contribution is -2.09. The first-order valence-corrected chi connectivity index (χ1v) is 7.02. The molecule has 1 N–H and O–H groups in total. The number of nitrogens with zero attached hydrogens (tertiary/aromatic N) is 1. The van der Waals surface area contributed by atoms with Gasteiger partial charge in [0.25, 0.3) is 0 Å². The van der Waals surface area contributed by atoms with Crippen molar-refractivity contribution in [2.45, 2.75) is 4.90 Å². The quantitative estimate of drug-likeness (QED) is 0.800. The fourth-order valence-electron chi connectivity index (χ4n) is 2.09. The summed E-state index contributed by atoms with van der Waals surface area (Å²) < 4.78 is 0. The van der Waals surface area contributed by atoms with Crippen LogP contribution in [0, 0.1) is 0 Å². The molecule has 3 nitrogen and oxygen atoms in total. The van der Waals surface area contributed by atoms with Crippen molar-refractivity contribution in [1.82, 2.24) is 0 Å². The second-order valence-electron chi connectivity index (χ2n) is 4.52. The van der Waals surface area contributed by atoms with E-state index in [1.54, 1.807) is 17.8 Å². The summed E-state index contributed by atoms with van der Waals surface area (Å²) in [5.74, 6) is 0.00720. The average molecular weight is 283 g/mol. The van der Waals surface area contributed by atoms with E-state index in [9.17, 15) is 9.90 Å². The van der Waals surface area contributed by atoms with Crippen molar-refractivity contribution in [1.29, 1.82) is 0 Å². The molecule has 0 atom stereocenters. The van der Waals surface area contributed by atoms with E-state index in [2.05, 4.69) is 17.0 Å². The minimum absolute atomic E-state index is 0.0946. The molecule has 0 saturated heterocycles. The molecule has 1 heterocycles. The fraction of sp³-hybridized carbons (Fsp3) is 0.0625. The van der Waals surface area contributed by atoms with Gasteiger partial charge in [0.1, 0.15) is 5.76 Å². The van der Waals surface area contributed by atoms with Crippen LogP contribution < -0.4 is 4.90 Å². The number of hydrogen-bond acceptors (Lipinski definition) is 4. The molecule has 1 aliphatic heterocycles. The molecule has 100 valence electrons. The Bertz CT molecular complexity index is 698. The largest absolute Gasteiger partial charge is 0.508 e. The van der Waals surface area contributed by atoms with Gasteiger partial charge in [0.2, 0.25) is 0 Å². The molecule has 0 saturated carbocycles. The Hall–Kier alpha value is -2.20. The molecule has 0 spiro atoms. The maximum Gasteiger partial charge on any atom is 0.186 e. The van der Waals surface area contributed by atoms with Gasteiger partial charge in [-0.2, -0.15) is 0 Å². The third-order valence-corrected chi connectivity index (χ3v) is 4.35. The molecule has 0 fully saturated rings. The van der Waals surface area contributed by atoms with Crippen molar-refractivity contribution in [3.05, 3.63) is 71.0 Å². The van der Waals surface area contributed by atoms with Crippen LogP contribution in [0.5, 0.6) is 0 Å². The number of thioether (sulfide) groups is 1. The number of allylic oxidation sites excluding steroid dienone is 6. The van der Waals surface area contributed by atoms with Crippen molar-refractivity contribution >= 4 is 23.2 Å². The van der Waals surface area contributed by atoms with Gasteiger partial charge in [-0.05, 0) is 42.5 Å². The zero-order valence-electron chi connectivity index (χ0n) is 10.9. The number of fused-ring (bicyclic) bond motifs is 1. The molecule has 0 unspecified atom stereocenters. The van der Waals surface area contributed by atoms with Crippen LogP contribution in [0.25, 0.3) is 0 Å². The van der Waals surface area contributed by atoms with Crippen LogP contribution in [0.2, 0.25) is 0 Å². The Kier molecular flexibility index (Phi) is 3.24. The maximum absolute atomic E-state index is 11.7. The summed E-state index contributed by atoms with van der Waals surface area (Å²) in [5.41, 5.74) is 1.65. The van der Waals surface area contributed by atoms with Crippen LogP contribution in [0.1, 0.15) is 0 Å². The third-order valence-electron chi connectivity index (χ3n) is 3.17. The number of para-hydroxylation sites is 1. The Morgan fingerprint density at radius 2 is 2.00 bits per heavy atom. The molecule has 0 aromatic heterocycles. The Labute approximate surface area is 121 Å². The number of aliphatic hydroxyl groups is 1. The van der Waals surface area contributed by atoms with Crippen LogP contribution in [-0.2, 0) is 4.79 Å². The lowest BCUT2D eigenvalue weighted by atomic mass is 10.1. The zero-order valence-corrected chi connectivity index (χ0v) is 11.7. The molecule has 1 aromatic rings. The highest BCUT2D eigenvalue weighted by molar-refractivity contribution is 8.03. The Balaban J connectivity index is 1.89. The molecule has 0 amide bonds. The Morgan fingerprint density at radius 3 is 2.80 bits per heavy atom. The molecular weight excluding hydrogens is 270 g/mol. The van der Waals surface area contributed by atoms with Gasteiger partial charge in [-0.15, -0.1) is 0 Å². The zero-order chi connectivity index (χ0) is 14.1. The molecule has 0 radical (unpaired) electrons. The van der Waals surface area contributed by atoms with Crippen molar-refractivity contribution in [3.8, 4) is 0 Å². The van der Waals surface area contributed by atoms with Gasteiger partial charge in [0.05, 0.1) is 10.7 Å². The lowest BCUT2D eigenvalue weighted by molar-refractivity contribution is -0.111. The molecule has 1 aliphatic carbocycles. The van der Waals surface area contributed by atoms with E-state index in [0.717, 1.165) is 10.7 Å². The van der Waals surface area contributed by atoms with Gasteiger partial charge in [-0.1, -0.05) is 23.9 Å². The lowest BCUT2D eigenvalue weighted by Gasteiger charge is -2.12. The number of aliphatic hydroxyl groups excluding tert-OH is 1. The number of carbonyl (C=O) groups is 1. The van der Waals surface area contributed by atoms with Crippen molar-refractivity contribution < 1.29 is 9.90 Å². The van der Waals surface area contributed by atoms with Gasteiger partial charge < -0.3 is 10.0 Å². The highest BCUT2D eigenvalue weighted by Gasteiger charge is 2.20. The highest BCUT2D eigenvalue weighted by atomic mass is 32.2. The fourth-order valence-corrected chi connectivity index (χ4v) is 3.15. The number of rotatable bonds is 1. The molecule has 1 aromatic carbocycles. The molecule has 0 bridgehead atoms. The standard InChI is InChI=1S/C16H13NO2S/c1-17-13-4-2-3-5-15(13)20-16(17)9-6-11-10-12(18)7-8-14(11)19/h2-10,18H,1H3. The molecule has 20 heavy (non-hydrogen) atoms.